The van der Waals surface area contributed by atoms with E-state index < -0.39 is 0 Å². The highest BCUT2D eigenvalue weighted by atomic mass is 32.2. The highest BCUT2D eigenvalue weighted by Crippen LogP contribution is 2.37. The minimum atomic E-state index is -0.142. The fourth-order valence-electron chi connectivity index (χ4n) is 2.19. The van der Waals surface area contributed by atoms with E-state index >= 15 is 0 Å². The van der Waals surface area contributed by atoms with Gasteiger partial charge in [-0.1, -0.05) is 18.2 Å². The number of nitrogens with one attached hydrogen (secondary N) is 1. The van der Waals surface area contributed by atoms with Crippen molar-refractivity contribution in [1.82, 2.24) is 5.43 Å². The lowest BCUT2D eigenvalue weighted by atomic mass is 10.2. The van der Waals surface area contributed by atoms with Crippen LogP contribution in [0.4, 0.5) is 0 Å². The SMILES string of the molecule is COc1cc(/C=N/NC(=O)CCSc2ccccc2)cc(OC)c1OC. The summed E-state index contributed by atoms with van der Waals surface area (Å²) in [5.74, 6) is 2.11. The Balaban J connectivity index is 1.88. The second kappa shape index (κ2) is 10.4. The summed E-state index contributed by atoms with van der Waals surface area (Å²) in [6.07, 6.45) is 1.92. The largest absolute Gasteiger partial charge is 0.493 e. The molecule has 1 N–H and O–H groups in total. The Morgan fingerprint density at radius 2 is 1.73 bits per heavy atom. The molecule has 138 valence electrons. The molecule has 6 nitrogen and oxygen atoms in total. The van der Waals surface area contributed by atoms with Crippen molar-refractivity contribution in [3.63, 3.8) is 0 Å². The first kappa shape index (κ1) is 19.7. The van der Waals surface area contributed by atoms with E-state index in [1.54, 1.807) is 45.2 Å². The molecule has 2 rings (SSSR count). The number of carbonyl (C=O) groups is 1. The highest BCUT2D eigenvalue weighted by molar-refractivity contribution is 7.99. The number of rotatable bonds is 9. The highest BCUT2D eigenvalue weighted by Gasteiger charge is 2.12. The van der Waals surface area contributed by atoms with Crippen molar-refractivity contribution >= 4 is 23.9 Å². The van der Waals surface area contributed by atoms with Crippen LogP contribution < -0.4 is 19.6 Å². The van der Waals surface area contributed by atoms with Crippen LogP contribution in [0.2, 0.25) is 0 Å². The van der Waals surface area contributed by atoms with Crippen molar-refractivity contribution in [2.24, 2.45) is 5.10 Å². The second-order valence-electron chi connectivity index (χ2n) is 5.16. The number of hydrogen-bond donors (Lipinski definition) is 1. The number of hydrogen-bond acceptors (Lipinski definition) is 6. The topological polar surface area (TPSA) is 69.2 Å². The van der Waals surface area contributed by atoms with Crippen molar-refractivity contribution in [2.75, 3.05) is 27.1 Å². The number of nitrogens with zero attached hydrogens (tertiary/aromatic N) is 1. The van der Waals surface area contributed by atoms with Crippen LogP contribution >= 0.6 is 11.8 Å². The molecule has 0 fully saturated rings. The molecule has 0 aliphatic heterocycles. The Hall–Kier alpha value is -2.67. The molecule has 0 spiro atoms. The Morgan fingerprint density at radius 3 is 2.31 bits per heavy atom. The summed E-state index contributed by atoms with van der Waals surface area (Å²) in [5, 5.41) is 3.99. The van der Waals surface area contributed by atoms with Gasteiger partial charge in [0.25, 0.3) is 0 Å². The molecular weight excluding hydrogens is 352 g/mol. The van der Waals surface area contributed by atoms with E-state index in [2.05, 4.69) is 10.5 Å². The van der Waals surface area contributed by atoms with E-state index in [4.69, 9.17) is 14.2 Å². The second-order valence-corrected chi connectivity index (χ2v) is 6.33. The summed E-state index contributed by atoms with van der Waals surface area (Å²) in [6, 6.07) is 13.5. The molecule has 0 unspecified atom stereocenters. The standard InChI is InChI=1S/C19H22N2O4S/c1-23-16-11-14(12-17(24-2)19(16)25-3)13-20-21-18(22)9-10-26-15-7-5-4-6-8-15/h4-8,11-13H,9-10H2,1-3H3,(H,21,22)/b20-13+. The molecule has 0 aliphatic rings. The molecule has 2 aromatic carbocycles. The van der Waals surface area contributed by atoms with Crippen LogP contribution in [-0.4, -0.2) is 39.2 Å². The summed E-state index contributed by atoms with van der Waals surface area (Å²) in [5.41, 5.74) is 3.25. The van der Waals surface area contributed by atoms with Crippen LogP contribution in [0.25, 0.3) is 0 Å². The van der Waals surface area contributed by atoms with Gasteiger partial charge in [-0.05, 0) is 24.3 Å². The maximum Gasteiger partial charge on any atom is 0.240 e. The smallest absolute Gasteiger partial charge is 0.240 e. The predicted molar refractivity (Wildman–Crippen MR) is 104 cm³/mol. The molecule has 26 heavy (non-hydrogen) atoms. The summed E-state index contributed by atoms with van der Waals surface area (Å²) in [7, 11) is 4.64. The van der Waals surface area contributed by atoms with Crippen LogP contribution in [0, 0.1) is 0 Å². The van der Waals surface area contributed by atoms with Crippen LogP contribution in [0.15, 0.2) is 52.5 Å². The van der Waals surface area contributed by atoms with Crippen LogP contribution in [0.1, 0.15) is 12.0 Å². The fourth-order valence-corrected chi connectivity index (χ4v) is 3.06. The van der Waals surface area contributed by atoms with Gasteiger partial charge < -0.3 is 14.2 Å². The molecule has 0 saturated heterocycles. The molecule has 0 radical (unpaired) electrons. The van der Waals surface area contributed by atoms with Gasteiger partial charge in [0.1, 0.15) is 0 Å². The van der Waals surface area contributed by atoms with Crippen molar-refractivity contribution in [3.8, 4) is 17.2 Å². The lowest BCUT2D eigenvalue weighted by molar-refractivity contribution is -0.120. The molecule has 1 amide bonds. The lowest BCUT2D eigenvalue weighted by Gasteiger charge is -2.12. The minimum absolute atomic E-state index is 0.142. The molecule has 7 heteroatoms. The van der Waals surface area contributed by atoms with Gasteiger partial charge >= 0.3 is 0 Å². The lowest BCUT2D eigenvalue weighted by Crippen LogP contribution is -2.17. The Kier molecular flexibility index (Phi) is 7.82. The number of ether oxygens (including phenoxy) is 3. The van der Waals surface area contributed by atoms with E-state index in [1.165, 1.54) is 6.21 Å². The Morgan fingerprint density at radius 1 is 1.08 bits per heavy atom. The zero-order valence-electron chi connectivity index (χ0n) is 15.0. The van der Waals surface area contributed by atoms with Crippen molar-refractivity contribution in [1.29, 1.82) is 0 Å². The zero-order chi connectivity index (χ0) is 18.8. The number of thioether (sulfide) groups is 1. The van der Waals surface area contributed by atoms with Crippen molar-refractivity contribution < 1.29 is 19.0 Å². The number of amides is 1. The van der Waals surface area contributed by atoms with Gasteiger partial charge in [0.05, 0.1) is 27.5 Å². The van der Waals surface area contributed by atoms with Crippen molar-refractivity contribution in [3.05, 3.63) is 48.0 Å². The molecule has 0 aliphatic carbocycles. The average molecular weight is 374 g/mol. The van der Waals surface area contributed by atoms with E-state index in [-0.39, 0.29) is 5.91 Å². The number of carbonyl (C=O) groups excluding carboxylic acids is 1. The summed E-state index contributed by atoms with van der Waals surface area (Å²) in [6.45, 7) is 0. The van der Waals surface area contributed by atoms with Gasteiger partial charge in [0, 0.05) is 22.6 Å². The Bertz CT molecular complexity index is 725. The van der Waals surface area contributed by atoms with Crippen LogP contribution in [-0.2, 0) is 4.79 Å². The first-order chi connectivity index (χ1) is 12.7. The fraction of sp³-hybridized carbons (Fsp3) is 0.263. The summed E-state index contributed by atoms with van der Waals surface area (Å²) in [4.78, 5) is 13.0. The maximum absolute atomic E-state index is 11.9. The first-order valence-corrected chi connectivity index (χ1v) is 8.96. The van der Waals surface area contributed by atoms with Crippen LogP contribution in [0.3, 0.4) is 0 Å². The molecule has 0 atom stereocenters. The molecule has 0 saturated carbocycles. The minimum Gasteiger partial charge on any atom is -0.493 e. The molecule has 2 aromatic rings. The van der Waals surface area contributed by atoms with Gasteiger partial charge in [-0.3, -0.25) is 4.79 Å². The predicted octanol–water partition coefficient (Wildman–Crippen LogP) is 3.34. The number of methoxy groups -OCH3 is 3. The third-order valence-corrected chi connectivity index (χ3v) is 4.44. The van der Waals surface area contributed by atoms with E-state index in [9.17, 15) is 4.79 Å². The molecule has 0 heterocycles. The normalized spacial score (nSPS) is 10.6. The van der Waals surface area contributed by atoms with E-state index in [0.717, 1.165) is 10.5 Å². The maximum atomic E-state index is 11.9. The quantitative estimate of drug-likeness (QED) is 0.414. The molecule has 0 bridgehead atoms. The van der Waals surface area contributed by atoms with E-state index in [1.807, 2.05) is 30.3 Å². The zero-order valence-corrected chi connectivity index (χ0v) is 15.8. The summed E-state index contributed by atoms with van der Waals surface area (Å²) >= 11 is 1.63. The monoisotopic (exact) mass is 374 g/mol. The van der Waals surface area contributed by atoms with Gasteiger partial charge in [-0.25, -0.2) is 5.43 Å². The average Bonchev–Trinajstić information content (AvgIpc) is 2.68. The molecular formula is C19H22N2O4S. The summed E-state index contributed by atoms with van der Waals surface area (Å²) < 4.78 is 15.8. The van der Waals surface area contributed by atoms with Crippen molar-refractivity contribution in [2.45, 2.75) is 11.3 Å². The third-order valence-electron chi connectivity index (χ3n) is 3.43. The van der Waals surface area contributed by atoms with Crippen LogP contribution in [0.5, 0.6) is 17.2 Å². The van der Waals surface area contributed by atoms with Gasteiger partial charge in [-0.2, -0.15) is 5.10 Å². The number of benzene rings is 2. The molecule has 0 aromatic heterocycles. The van der Waals surface area contributed by atoms with Gasteiger partial charge in [0.2, 0.25) is 11.7 Å². The Labute approximate surface area is 157 Å². The number of hydrazone groups is 1. The van der Waals surface area contributed by atoms with Gasteiger partial charge in [-0.15, -0.1) is 11.8 Å². The van der Waals surface area contributed by atoms with Gasteiger partial charge in [0.15, 0.2) is 11.5 Å². The third kappa shape index (κ3) is 5.70. The van der Waals surface area contributed by atoms with E-state index in [0.29, 0.717) is 29.4 Å². The first-order valence-electron chi connectivity index (χ1n) is 7.97.